The fourth-order valence-corrected chi connectivity index (χ4v) is 1.70. The molecule has 0 fully saturated rings. The molecule has 0 spiro atoms. The van der Waals surface area contributed by atoms with Crippen LogP contribution in [-0.4, -0.2) is 58.5 Å². The van der Waals surface area contributed by atoms with Crippen LogP contribution in [-0.2, 0) is 20.8 Å². The van der Waals surface area contributed by atoms with Crippen LogP contribution in [0.25, 0.3) is 0 Å². The highest BCUT2D eigenvalue weighted by Crippen LogP contribution is 2.13. The molecule has 1 aromatic rings. The van der Waals surface area contributed by atoms with Crippen molar-refractivity contribution in [2.75, 3.05) is 32.7 Å². The molecule has 1 N–H and O–H groups in total. The van der Waals surface area contributed by atoms with E-state index < -0.39 is 5.97 Å². The molecule has 0 aliphatic carbocycles. The van der Waals surface area contributed by atoms with E-state index in [0.717, 1.165) is 11.8 Å². The number of aromatic nitrogens is 3. The lowest BCUT2D eigenvalue weighted by Crippen LogP contribution is -2.10. The third-order valence-corrected chi connectivity index (χ3v) is 2.78. The largest absolute Gasteiger partial charge is 0.481 e. The minimum atomic E-state index is -0.874. The Morgan fingerprint density at radius 2 is 2.35 bits per heavy atom. The van der Waals surface area contributed by atoms with Crippen LogP contribution in [0.3, 0.4) is 0 Å². The highest BCUT2D eigenvalue weighted by molar-refractivity contribution is 7.99. The highest BCUT2D eigenvalue weighted by Gasteiger charge is 2.07. The Balaban J connectivity index is 2.27. The zero-order valence-corrected chi connectivity index (χ0v) is 10.4. The van der Waals surface area contributed by atoms with E-state index >= 15 is 0 Å². The molecule has 0 aliphatic rings. The summed E-state index contributed by atoms with van der Waals surface area (Å²) < 4.78 is 11.9. The minimum absolute atomic E-state index is 0.0246. The second kappa shape index (κ2) is 8.04. The lowest BCUT2D eigenvalue weighted by atomic mass is 10.6. The molecule has 0 unspecified atom stereocenters. The summed E-state index contributed by atoms with van der Waals surface area (Å²) in [6.07, 6.45) is 1.56. The van der Waals surface area contributed by atoms with Crippen LogP contribution in [0.4, 0.5) is 0 Å². The van der Waals surface area contributed by atoms with Crippen LogP contribution < -0.4 is 0 Å². The van der Waals surface area contributed by atoms with Crippen molar-refractivity contribution in [3.05, 3.63) is 6.33 Å². The third kappa shape index (κ3) is 5.66. The Morgan fingerprint density at radius 1 is 1.53 bits per heavy atom. The lowest BCUT2D eigenvalue weighted by molar-refractivity contribution is -0.133. The van der Waals surface area contributed by atoms with Crippen LogP contribution in [0.15, 0.2) is 11.5 Å². The molecule has 0 saturated carbocycles. The maximum Gasteiger partial charge on any atom is 0.313 e. The van der Waals surface area contributed by atoms with Crippen molar-refractivity contribution in [3.8, 4) is 0 Å². The van der Waals surface area contributed by atoms with Gasteiger partial charge in [-0.1, -0.05) is 11.8 Å². The molecule has 1 heterocycles. The van der Waals surface area contributed by atoms with Crippen molar-refractivity contribution in [2.45, 2.75) is 11.7 Å². The first kappa shape index (κ1) is 13.9. The van der Waals surface area contributed by atoms with Gasteiger partial charge in [-0.2, -0.15) is 0 Å². The molecule has 1 aromatic heterocycles. The highest BCUT2D eigenvalue weighted by atomic mass is 32.2. The summed E-state index contributed by atoms with van der Waals surface area (Å²) in [5, 5.41) is 16.7. The summed E-state index contributed by atoms with van der Waals surface area (Å²) in [5.74, 6) is -0.899. The van der Waals surface area contributed by atoms with Crippen LogP contribution in [0.5, 0.6) is 0 Å². The number of carboxylic acid groups (broad SMARTS) is 1. The van der Waals surface area contributed by atoms with Gasteiger partial charge in [-0.05, 0) is 0 Å². The van der Waals surface area contributed by atoms with Gasteiger partial charge in [0.05, 0.1) is 25.6 Å². The van der Waals surface area contributed by atoms with E-state index in [1.807, 2.05) is 0 Å². The molecular weight excluding hydrogens is 246 g/mol. The first-order valence-electron chi connectivity index (χ1n) is 5.03. The van der Waals surface area contributed by atoms with Gasteiger partial charge in [0.2, 0.25) is 0 Å². The number of methoxy groups -OCH3 is 1. The van der Waals surface area contributed by atoms with E-state index in [9.17, 15) is 4.79 Å². The van der Waals surface area contributed by atoms with Gasteiger partial charge in [-0.15, -0.1) is 10.2 Å². The summed E-state index contributed by atoms with van der Waals surface area (Å²) in [7, 11) is 1.61. The van der Waals surface area contributed by atoms with Gasteiger partial charge in [0, 0.05) is 13.7 Å². The fraction of sp³-hybridized carbons (Fsp3) is 0.667. The Kier molecular flexibility index (Phi) is 6.60. The average Bonchev–Trinajstić information content (AvgIpc) is 2.73. The fourth-order valence-electron chi connectivity index (χ4n) is 1.04. The summed E-state index contributed by atoms with van der Waals surface area (Å²) in [6.45, 7) is 2.21. The topological polar surface area (TPSA) is 86.5 Å². The van der Waals surface area contributed by atoms with E-state index in [-0.39, 0.29) is 5.75 Å². The molecule has 17 heavy (non-hydrogen) atoms. The minimum Gasteiger partial charge on any atom is -0.481 e. The van der Waals surface area contributed by atoms with Crippen molar-refractivity contribution in [1.29, 1.82) is 0 Å². The smallest absolute Gasteiger partial charge is 0.313 e. The molecule has 8 heteroatoms. The Hall–Kier alpha value is -1.12. The molecule has 0 atom stereocenters. The molecule has 1 rings (SSSR count). The third-order valence-electron chi connectivity index (χ3n) is 1.81. The van der Waals surface area contributed by atoms with Gasteiger partial charge in [-0.3, -0.25) is 4.79 Å². The summed E-state index contributed by atoms with van der Waals surface area (Å²) >= 11 is 1.14. The number of nitrogens with zero attached hydrogens (tertiary/aromatic N) is 3. The molecule has 96 valence electrons. The van der Waals surface area contributed by atoms with E-state index in [0.29, 0.717) is 31.5 Å². The van der Waals surface area contributed by atoms with Crippen molar-refractivity contribution >= 4 is 17.7 Å². The van der Waals surface area contributed by atoms with Crippen LogP contribution >= 0.6 is 11.8 Å². The maximum absolute atomic E-state index is 10.4. The van der Waals surface area contributed by atoms with Gasteiger partial charge >= 0.3 is 5.97 Å². The number of ether oxygens (including phenoxy) is 2. The van der Waals surface area contributed by atoms with Gasteiger partial charge in [0.15, 0.2) is 5.16 Å². The molecular formula is C9H15N3O4S. The van der Waals surface area contributed by atoms with E-state index in [1.165, 1.54) is 0 Å². The molecule has 0 amide bonds. The van der Waals surface area contributed by atoms with Gasteiger partial charge in [-0.25, -0.2) is 0 Å². The normalized spacial score (nSPS) is 10.6. The lowest BCUT2D eigenvalue weighted by Gasteiger charge is -2.06. The number of thioether (sulfide) groups is 1. The van der Waals surface area contributed by atoms with Gasteiger partial charge < -0.3 is 19.1 Å². The van der Waals surface area contributed by atoms with Crippen LogP contribution in [0.1, 0.15) is 0 Å². The number of carboxylic acids is 1. The first-order valence-corrected chi connectivity index (χ1v) is 6.01. The standard InChI is InChI=1S/C9H15N3O4S/c1-15-4-5-16-3-2-12-7-10-11-9(12)17-6-8(13)14/h7H,2-6H2,1H3,(H,13,14). The zero-order valence-electron chi connectivity index (χ0n) is 9.53. The Morgan fingerprint density at radius 3 is 3.06 bits per heavy atom. The predicted octanol–water partition coefficient (Wildman–Crippen LogP) is 0.118. The summed E-state index contributed by atoms with van der Waals surface area (Å²) in [5.41, 5.74) is 0. The summed E-state index contributed by atoms with van der Waals surface area (Å²) in [4.78, 5) is 10.4. The number of rotatable bonds is 9. The second-order valence-corrected chi connectivity index (χ2v) is 4.04. The van der Waals surface area contributed by atoms with E-state index in [4.69, 9.17) is 14.6 Å². The first-order chi connectivity index (χ1) is 8.24. The molecule has 0 aliphatic heterocycles. The quantitative estimate of drug-likeness (QED) is 0.499. The number of hydrogen-bond acceptors (Lipinski definition) is 6. The van der Waals surface area contributed by atoms with E-state index in [1.54, 1.807) is 18.0 Å². The zero-order chi connectivity index (χ0) is 12.5. The van der Waals surface area contributed by atoms with Crippen molar-refractivity contribution in [2.24, 2.45) is 0 Å². The molecule has 0 bridgehead atoms. The monoisotopic (exact) mass is 261 g/mol. The van der Waals surface area contributed by atoms with Crippen molar-refractivity contribution in [3.63, 3.8) is 0 Å². The van der Waals surface area contributed by atoms with Crippen LogP contribution in [0, 0.1) is 0 Å². The second-order valence-electron chi connectivity index (χ2n) is 3.09. The molecule has 7 nitrogen and oxygen atoms in total. The Bertz CT molecular complexity index is 345. The number of carbonyl (C=O) groups is 1. The van der Waals surface area contributed by atoms with Gasteiger partial charge in [0.25, 0.3) is 0 Å². The average molecular weight is 261 g/mol. The number of aliphatic carboxylic acids is 1. The maximum atomic E-state index is 10.4. The Labute approximate surface area is 103 Å². The molecule has 0 saturated heterocycles. The predicted molar refractivity (Wildman–Crippen MR) is 61.1 cm³/mol. The summed E-state index contributed by atoms with van der Waals surface area (Å²) in [6, 6.07) is 0. The van der Waals surface area contributed by atoms with Gasteiger partial charge in [0.1, 0.15) is 6.33 Å². The molecule has 0 radical (unpaired) electrons. The molecule has 0 aromatic carbocycles. The SMILES string of the molecule is COCCOCCn1cnnc1SCC(=O)O. The number of hydrogen-bond donors (Lipinski definition) is 1. The van der Waals surface area contributed by atoms with Crippen molar-refractivity contribution < 1.29 is 19.4 Å². The van der Waals surface area contributed by atoms with Crippen molar-refractivity contribution in [1.82, 2.24) is 14.8 Å². The van der Waals surface area contributed by atoms with E-state index in [2.05, 4.69) is 10.2 Å². The van der Waals surface area contributed by atoms with Crippen LogP contribution in [0.2, 0.25) is 0 Å².